The maximum atomic E-state index is 12.6. The fourth-order valence-corrected chi connectivity index (χ4v) is 3.83. The predicted octanol–water partition coefficient (Wildman–Crippen LogP) is 3.95. The van der Waals surface area contributed by atoms with E-state index >= 15 is 0 Å². The number of carbonyl (C=O) groups excluding carboxylic acids is 1. The Balaban J connectivity index is 1.65. The topological polar surface area (TPSA) is 110 Å². The second kappa shape index (κ2) is 9.32. The highest BCUT2D eigenvalue weighted by molar-refractivity contribution is 7.92. The number of ether oxygens (including phenoxy) is 1. The number of rotatable bonds is 7. The van der Waals surface area contributed by atoms with Crippen molar-refractivity contribution in [3.63, 3.8) is 0 Å². The molecule has 1 heterocycles. The van der Waals surface area contributed by atoms with Crippen molar-refractivity contribution >= 4 is 39.2 Å². The van der Waals surface area contributed by atoms with E-state index in [4.69, 9.17) is 16.3 Å². The number of halogens is 1. The van der Waals surface area contributed by atoms with Crippen LogP contribution in [0.1, 0.15) is 18.3 Å². The third kappa shape index (κ3) is 6.16. The predicted molar refractivity (Wildman–Crippen MR) is 119 cm³/mol. The first-order valence-corrected chi connectivity index (χ1v) is 11.2. The summed E-state index contributed by atoms with van der Waals surface area (Å²) in [5.74, 6) is 0.0791. The first-order chi connectivity index (χ1) is 14.6. The molecule has 1 atom stereocenters. The molecule has 1 amide bonds. The number of hydrogen-bond acceptors (Lipinski definition) is 6. The molecular weight excluding hydrogens is 440 g/mol. The van der Waals surface area contributed by atoms with E-state index in [2.05, 4.69) is 20.0 Å². The van der Waals surface area contributed by atoms with Crippen LogP contribution in [-0.4, -0.2) is 30.4 Å². The van der Waals surface area contributed by atoms with Crippen LogP contribution in [0.3, 0.4) is 0 Å². The summed E-state index contributed by atoms with van der Waals surface area (Å²) in [4.78, 5) is 20.5. The average Bonchev–Trinajstić information content (AvgIpc) is 2.67. The number of hydrogen-bond donors (Lipinski definition) is 2. The summed E-state index contributed by atoms with van der Waals surface area (Å²) in [7, 11) is -3.88. The van der Waals surface area contributed by atoms with Crippen molar-refractivity contribution < 1.29 is 17.9 Å². The summed E-state index contributed by atoms with van der Waals surface area (Å²) in [6, 6.07) is 14.2. The van der Waals surface area contributed by atoms with Gasteiger partial charge in [-0.15, -0.1) is 0 Å². The van der Waals surface area contributed by atoms with E-state index in [0.717, 1.165) is 0 Å². The minimum atomic E-state index is -3.88. The lowest BCUT2D eigenvalue weighted by Gasteiger charge is -2.15. The summed E-state index contributed by atoms with van der Waals surface area (Å²) < 4.78 is 33.1. The number of aromatic nitrogens is 2. The molecule has 0 aliphatic rings. The van der Waals surface area contributed by atoms with Crippen molar-refractivity contribution in [2.24, 2.45) is 0 Å². The van der Waals surface area contributed by atoms with Crippen LogP contribution in [0, 0.1) is 13.8 Å². The van der Waals surface area contributed by atoms with Gasteiger partial charge in [0.05, 0.1) is 4.90 Å². The zero-order chi connectivity index (χ0) is 22.6. The van der Waals surface area contributed by atoms with Crippen molar-refractivity contribution in [3.8, 4) is 5.75 Å². The van der Waals surface area contributed by atoms with Gasteiger partial charge in [-0.3, -0.25) is 4.79 Å². The molecule has 3 aromatic rings. The molecule has 0 aliphatic carbocycles. The first-order valence-electron chi connectivity index (χ1n) is 9.31. The van der Waals surface area contributed by atoms with Gasteiger partial charge in [-0.2, -0.15) is 0 Å². The van der Waals surface area contributed by atoms with E-state index in [1.54, 1.807) is 51.1 Å². The lowest BCUT2D eigenvalue weighted by Crippen LogP contribution is -2.30. The Hall–Kier alpha value is -3.17. The number of carbonyl (C=O) groups is 1. The second-order valence-corrected chi connectivity index (χ2v) is 8.93. The summed E-state index contributed by atoms with van der Waals surface area (Å²) in [5, 5.41) is 3.18. The highest BCUT2D eigenvalue weighted by Crippen LogP contribution is 2.20. The number of amides is 1. The number of anilines is 2. The summed E-state index contributed by atoms with van der Waals surface area (Å²) >= 11 is 5.91. The summed E-state index contributed by atoms with van der Waals surface area (Å²) in [6.45, 7) is 5.10. The van der Waals surface area contributed by atoms with E-state index in [-0.39, 0.29) is 10.8 Å². The Morgan fingerprint density at radius 3 is 2.29 bits per heavy atom. The molecule has 0 aliphatic heterocycles. The van der Waals surface area contributed by atoms with Crippen LogP contribution >= 0.6 is 11.6 Å². The molecule has 8 nitrogen and oxygen atoms in total. The van der Waals surface area contributed by atoms with Gasteiger partial charge in [0.1, 0.15) is 5.75 Å². The number of sulfonamides is 1. The van der Waals surface area contributed by atoms with Crippen molar-refractivity contribution in [2.75, 3.05) is 10.0 Å². The monoisotopic (exact) mass is 460 g/mol. The van der Waals surface area contributed by atoms with Gasteiger partial charge in [-0.25, -0.2) is 23.1 Å². The molecule has 162 valence electrons. The third-order valence-corrected chi connectivity index (χ3v) is 5.70. The average molecular weight is 461 g/mol. The van der Waals surface area contributed by atoms with E-state index < -0.39 is 22.0 Å². The number of benzene rings is 2. The normalized spacial score (nSPS) is 12.1. The molecule has 0 fully saturated rings. The number of nitrogens with zero attached hydrogens (tertiary/aromatic N) is 2. The minimum absolute atomic E-state index is 0.00173. The quantitative estimate of drug-likeness (QED) is 0.552. The molecule has 0 saturated heterocycles. The largest absolute Gasteiger partial charge is 0.481 e. The van der Waals surface area contributed by atoms with Gasteiger partial charge in [0.2, 0.25) is 5.95 Å². The number of aryl methyl sites for hydroxylation is 2. The lowest BCUT2D eigenvalue weighted by atomic mass is 10.3. The Labute approximate surface area is 185 Å². The molecule has 0 spiro atoms. The fraction of sp³-hybridized carbons (Fsp3) is 0.190. The van der Waals surface area contributed by atoms with Gasteiger partial charge in [0, 0.05) is 22.1 Å². The Morgan fingerprint density at radius 1 is 1.03 bits per heavy atom. The van der Waals surface area contributed by atoms with Gasteiger partial charge in [0.25, 0.3) is 15.9 Å². The Kier molecular flexibility index (Phi) is 6.77. The van der Waals surface area contributed by atoms with Crippen molar-refractivity contribution in [3.05, 3.63) is 71.0 Å². The molecular formula is C21H21ClN4O4S. The van der Waals surface area contributed by atoms with Crippen molar-refractivity contribution in [1.29, 1.82) is 0 Å². The summed E-state index contributed by atoms with van der Waals surface area (Å²) in [6.07, 6.45) is -0.787. The van der Waals surface area contributed by atoms with Gasteiger partial charge in [-0.05, 0) is 69.3 Å². The molecule has 0 unspecified atom stereocenters. The van der Waals surface area contributed by atoms with Crippen molar-refractivity contribution in [2.45, 2.75) is 31.8 Å². The van der Waals surface area contributed by atoms with E-state index in [9.17, 15) is 13.2 Å². The van der Waals surface area contributed by atoms with Gasteiger partial charge in [0.15, 0.2) is 6.10 Å². The van der Waals surface area contributed by atoms with Gasteiger partial charge < -0.3 is 10.1 Å². The first kappa shape index (κ1) is 22.5. The van der Waals surface area contributed by atoms with Crippen LogP contribution in [0.5, 0.6) is 5.75 Å². The second-order valence-electron chi connectivity index (χ2n) is 6.81. The van der Waals surface area contributed by atoms with Crippen LogP contribution in [-0.2, 0) is 14.8 Å². The molecule has 0 radical (unpaired) electrons. The maximum Gasteiger partial charge on any atom is 0.265 e. The third-order valence-electron chi connectivity index (χ3n) is 4.12. The van der Waals surface area contributed by atoms with Gasteiger partial charge in [-0.1, -0.05) is 17.7 Å². The maximum absolute atomic E-state index is 12.6. The number of nitrogens with one attached hydrogen (secondary N) is 2. The molecule has 31 heavy (non-hydrogen) atoms. The molecule has 1 aromatic heterocycles. The molecule has 0 saturated carbocycles. The van der Waals surface area contributed by atoms with E-state index in [1.165, 1.54) is 24.3 Å². The highest BCUT2D eigenvalue weighted by atomic mass is 35.5. The SMILES string of the molecule is Cc1cc(C)nc(NS(=O)(=O)c2ccc(NC(=O)[C@H](C)Oc3cccc(Cl)c3)cc2)n1. The zero-order valence-electron chi connectivity index (χ0n) is 17.1. The molecule has 10 heteroatoms. The molecule has 2 aromatic carbocycles. The summed E-state index contributed by atoms with van der Waals surface area (Å²) in [5.41, 5.74) is 1.72. The Bertz CT molecular complexity index is 1180. The van der Waals surface area contributed by atoms with E-state index in [0.29, 0.717) is 27.8 Å². The lowest BCUT2D eigenvalue weighted by molar-refractivity contribution is -0.122. The van der Waals surface area contributed by atoms with Gasteiger partial charge >= 0.3 is 0 Å². The minimum Gasteiger partial charge on any atom is -0.481 e. The van der Waals surface area contributed by atoms with Crippen LogP contribution in [0.15, 0.2) is 59.5 Å². The van der Waals surface area contributed by atoms with Crippen molar-refractivity contribution in [1.82, 2.24) is 9.97 Å². The Morgan fingerprint density at radius 2 is 1.68 bits per heavy atom. The van der Waals surface area contributed by atoms with E-state index in [1.807, 2.05) is 0 Å². The highest BCUT2D eigenvalue weighted by Gasteiger charge is 2.18. The standard InChI is InChI=1S/C21H21ClN4O4S/c1-13-11-14(2)24-21(23-13)26-31(28,29)19-9-7-17(8-10-19)25-20(27)15(3)30-18-6-4-5-16(22)12-18/h4-12,15H,1-3H3,(H,25,27)(H,23,24,26)/t15-/m0/s1. The molecule has 2 N–H and O–H groups in total. The molecule has 0 bridgehead atoms. The zero-order valence-corrected chi connectivity index (χ0v) is 18.7. The molecule has 3 rings (SSSR count). The van der Waals surface area contributed by atoms with Crippen LogP contribution in [0.4, 0.5) is 11.6 Å². The van der Waals surface area contributed by atoms with Crippen LogP contribution < -0.4 is 14.8 Å². The fourth-order valence-electron chi connectivity index (χ4n) is 2.71. The van der Waals surface area contributed by atoms with Crippen LogP contribution in [0.2, 0.25) is 5.02 Å². The van der Waals surface area contributed by atoms with Crippen LogP contribution in [0.25, 0.3) is 0 Å². The smallest absolute Gasteiger partial charge is 0.265 e.